The number of furan rings is 1. The van der Waals surface area contributed by atoms with Gasteiger partial charge in [-0.1, -0.05) is 0 Å². The van der Waals surface area contributed by atoms with Gasteiger partial charge in [0.25, 0.3) is 0 Å². The van der Waals surface area contributed by atoms with Crippen LogP contribution in [0.15, 0.2) is 45.7 Å². The van der Waals surface area contributed by atoms with E-state index in [0.717, 1.165) is 26.8 Å². The lowest BCUT2D eigenvalue weighted by Crippen LogP contribution is -1.76. The Labute approximate surface area is 94.3 Å². The predicted octanol–water partition coefficient (Wildman–Crippen LogP) is 3.59. The van der Waals surface area contributed by atoms with Crippen LogP contribution in [0.2, 0.25) is 0 Å². The van der Waals surface area contributed by atoms with Crippen LogP contribution in [0.4, 0.5) is 0 Å². The maximum atomic E-state index is 5.36. The molecule has 0 radical (unpaired) electrons. The molecule has 0 bridgehead atoms. The Morgan fingerprint density at radius 1 is 1.40 bits per heavy atom. The normalized spacial score (nSPS) is 11.0. The lowest BCUT2D eigenvalue weighted by Gasteiger charge is -1.94. The van der Waals surface area contributed by atoms with E-state index in [-0.39, 0.29) is 0 Å². The van der Waals surface area contributed by atoms with Crippen molar-refractivity contribution in [1.82, 2.24) is 9.97 Å². The number of aromatic amines is 1. The monoisotopic (exact) mass is 262 g/mol. The van der Waals surface area contributed by atoms with E-state index in [1.54, 1.807) is 12.5 Å². The van der Waals surface area contributed by atoms with Gasteiger partial charge >= 0.3 is 0 Å². The van der Waals surface area contributed by atoms with Crippen molar-refractivity contribution < 1.29 is 4.42 Å². The molecular weight excluding hydrogens is 256 g/mol. The largest absolute Gasteiger partial charge is 0.464 e. The molecule has 3 aromatic heterocycles. The molecule has 3 heterocycles. The van der Waals surface area contributed by atoms with Crippen LogP contribution in [-0.4, -0.2) is 9.97 Å². The van der Waals surface area contributed by atoms with Crippen molar-refractivity contribution in [2.45, 2.75) is 0 Å². The van der Waals surface area contributed by atoms with E-state index >= 15 is 0 Å². The number of nitrogens with zero attached hydrogens (tertiary/aromatic N) is 1. The lowest BCUT2D eigenvalue weighted by molar-refractivity contribution is 0.583. The summed E-state index contributed by atoms with van der Waals surface area (Å²) in [6.45, 7) is 0. The van der Waals surface area contributed by atoms with Gasteiger partial charge in [0.05, 0.1) is 6.26 Å². The van der Waals surface area contributed by atoms with Gasteiger partial charge in [-0.15, -0.1) is 0 Å². The molecular formula is C11H7BrN2O. The number of hydrogen-bond donors (Lipinski definition) is 1. The van der Waals surface area contributed by atoms with E-state index in [1.807, 2.05) is 24.4 Å². The number of H-pyrrole nitrogens is 1. The molecule has 0 aliphatic carbocycles. The average Bonchev–Trinajstić information content (AvgIpc) is 2.83. The first-order chi connectivity index (χ1) is 7.34. The molecule has 0 aliphatic rings. The number of halogens is 1. The summed E-state index contributed by atoms with van der Waals surface area (Å²) in [6, 6.07) is 5.83. The highest BCUT2D eigenvalue weighted by Gasteiger charge is 2.08. The minimum Gasteiger partial charge on any atom is -0.464 e. The third kappa shape index (κ3) is 1.37. The molecule has 0 aromatic carbocycles. The smallest absolute Gasteiger partial charge is 0.138 e. The van der Waals surface area contributed by atoms with Gasteiger partial charge in [-0.05, 0) is 34.1 Å². The molecule has 0 atom stereocenters. The predicted molar refractivity (Wildman–Crippen MR) is 61.5 cm³/mol. The number of rotatable bonds is 1. The van der Waals surface area contributed by atoms with Crippen molar-refractivity contribution in [3.05, 3.63) is 41.3 Å². The van der Waals surface area contributed by atoms with Crippen LogP contribution in [-0.2, 0) is 0 Å². The Morgan fingerprint density at radius 3 is 3.13 bits per heavy atom. The zero-order valence-electron chi connectivity index (χ0n) is 7.70. The number of nitrogens with one attached hydrogen (secondary N) is 1. The lowest BCUT2D eigenvalue weighted by atomic mass is 10.2. The molecule has 0 saturated carbocycles. The highest BCUT2D eigenvalue weighted by atomic mass is 79.9. The number of hydrogen-bond acceptors (Lipinski definition) is 2. The SMILES string of the molecule is Brc1cnc2[nH]cc(-c3ccco3)c2c1. The second-order valence-corrected chi connectivity index (χ2v) is 4.15. The Morgan fingerprint density at radius 2 is 2.33 bits per heavy atom. The van der Waals surface area contributed by atoms with Crippen LogP contribution in [0.1, 0.15) is 0 Å². The van der Waals surface area contributed by atoms with Gasteiger partial charge in [-0.3, -0.25) is 0 Å². The maximum absolute atomic E-state index is 5.36. The quantitative estimate of drug-likeness (QED) is 0.729. The summed E-state index contributed by atoms with van der Waals surface area (Å²) in [5, 5.41) is 1.05. The van der Waals surface area contributed by atoms with Crippen LogP contribution < -0.4 is 0 Å². The first-order valence-corrected chi connectivity index (χ1v) is 5.30. The van der Waals surface area contributed by atoms with Crippen LogP contribution in [0.25, 0.3) is 22.4 Å². The fourth-order valence-corrected chi connectivity index (χ4v) is 1.94. The highest BCUT2D eigenvalue weighted by Crippen LogP contribution is 2.29. The second kappa shape index (κ2) is 3.24. The molecule has 74 valence electrons. The Bertz CT molecular complexity index is 598. The minimum absolute atomic E-state index is 0.848. The third-order valence-electron chi connectivity index (χ3n) is 2.28. The molecule has 0 unspecified atom stereocenters. The molecule has 0 fully saturated rings. The van der Waals surface area contributed by atoms with E-state index in [2.05, 4.69) is 25.9 Å². The van der Waals surface area contributed by atoms with E-state index < -0.39 is 0 Å². The summed E-state index contributed by atoms with van der Waals surface area (Å²) in [6.07, 6.45) is 5.34. The van der Waals surface area contributed by atoms with Crippen molar-refractivity contribution in [3.8, 4) is 11.3 Å². The summed E-state index contributed by atoms with van der Waals surface area (Å²) in [5.74, 6) is 0.848. The van der Waals surface area contributed by atoms with Gasteiger partial charge in [0, 0.05) is 27.8 Å². The van der Waals surface area contributed by atoms with E-state index in [4.69, 9.17) is 4.42 Å². The summed E-state index contributed by atoms with van der Waals surface area (Å²) in [5.41, 5.74) is 1.90. The zero-order chi connectivity index (χ0) is 10.3. The molecule has 0 saturated heterocycles. The molecule has 3 nitrogen and oxygen atoms in total. The standard InChI is InChI=1S/C11H7BrN2O/c12-7-4-8-9(10-2-1-3-15-10)6-14-11(8)13-5-7/h1-6H,(H,13,14). The Balaban J connectivity index is 2.32. The first-order valence-electron chi connectivity index (χ1n) is 4.51. The maximum Gasteiger partial charge on any atom is 0.138 e. The molecule has 3 aromatic rings. The summed E-state index contributed by atoms with van der Waals surface area (Å²) < 4.78 is 6.32. The Hall–Kier alpha value is -1.55. The fourth-order valence-electron chi connectivity index (χ4n) is 1.61. The summed E-state index contributed by atoms with van der Waals surface area (Å²) in [4.78, 5) is 7.38. The van der Waals surface area contributed by atoms with Crippen molar-refractivity contribution in [1.29, 1.82) is 0 Å². The van der Waals surface area contributed by atoms with E-state index in [9.17, 15) is 0 Å². The van der Waals surface area contributed by atoms with E-state index in [1.165, 1.54) is 0 Å². The molecule has 0 amide bonds. The van der Waals surface area contributed by atoms with Crippen molar-refractivity contribution in [2.75, 3.05) is 0 Å². The summed E-state index contributed by atoms with van der Waals surface area (Å²) in [7, 11) is 0. The topological polar surface area (TPSA) is 41.8 Å². The first kappa shape index (κ1) is 8.73. The van der Waals surface area contributed by atoms with Gasteiger partial charge < -0.3 is 9.40 Å². The van der Waals surface area contributed by atoms with Crippen molar-refractivity contribution in [2.24, 2.45) is 0 Å². The van der Waals surface area contributed by atoms with Crippen LogP contribution >= 0.6 is 15.9 Å². The van der Waals surface area contributed by atoms with Gasteiger partial charge in [-0.25, -0.2) is 4.98 Å². The fraction of sp³-hybridized carbons (Fsp3) is 0. The average molecular weight is 263 g/mol. The molecule has 4 heteroatoms. The van der Waals surface area contributed by atoms with Crippen molar-refractivity contribution in [3.63, 3.8) is 0 Å². The third-order valence-corrected chi connectivity index (χ3v) is 2.72. The van der Waals surface area contributed by atoms with Gasteiger partial charge in [0.2, 0.25) is 0 Å². The highest BCUT2D eigenvalue weighted by molar-refractivity contribution is 9.10. The molecule has 0 spiro atoms. The van der Waals surface area contributed by atoms with Crippen LogP contribution in [0.3, 0.4) is 0 Å². The number of aromatic nitrogens is 2. The van der Waals surface area contributed by atoms with Crippen LogP contribution in [0, 0.1) is 0 Å². The number of pyridine rings is 1. The molecule has 15 heavy (non-hydrogen) atoms. The second-order valence-electron chi connectivity index (χ2n) is 3.23. The number of fused-ring (bicyclic) bond motifs is 1. The van der Waals surface area contributed by atoms with E-state index in [0.29, 0.717) is 0 Å². The molecule has 0 aliphatic heterocycles. The van der Waals surface area contributed by atoms with Gasteiger partial charge in [0.1, 0.15) is 11.4 Å². The molecule has 1 N–H and O–H groups in total. The van der Waals surface area contributed by atoms with Gasteiger partial charge in [0.15, 0.2) is 0 Å². The summed E-state index contributed by atoms with van der Waals surface area (Å²) >= 11 is 3.41. The zero-order valence-corrected chi connectivity index (χ0v) is 9.28. The Kier molecular flexibility index (Phi) is 1.89. The molecule has 3 rings (SSSR count). The van der Waals surface area contributed by atoms with Gasteiger partial charge in [-0.2, -0.15) is 0 Å². The van der Waals surface area contributed by atoms with Crippen LogP contribution in [0.5, 0.6) is 0 Å². The van der Waals surface area contributed by atoms with Crippen molar-refractivity contribution >= 4 is 27.0 Å². The minimum atomic E-state index is 0.848.